The van der Waals surface area contributed by atoms with Crippen molar-refractivity contribution in [3.05, 3.63) is 30.1 Å². The minimum atomic E-state index is -0.266. The molecule has 0 aliphatic carbocycles. The van der Waals surface area contributed by atoms with Gasteiger partial charge in [-0.2, -0.15) is 0 Å². The highest BCUT2D eigenvalue weighted by atomic mass is 16.3. The maximum Gasteiger partial charge on any atom is 0.0636 e. The quantitative estimate of drug-likeness (QED) is 0.652. The van der Waals surface area contributed by atoms with Crippen LogP contribution >= 0.6 is 0 Å². The van der Waals surface area contributed by atoms with Crippen LogP contribution in [0.2, 0.25) is 0 Å². The number of hydrogen-bond donors (Lipinski definition) is 2. The molecule has 0 spiro atoms. The third kappa shape index (κ3) is 4.60. The maximum atomic E-state index is 8.98. The lowest BCUT2D eigenvalue weighted by molar-refractivity contribution is 0.191. The van der Waals surface area contributed by atoms with Crippen molar-refractivity contribution in [1.29, 1.82) is 0 Å². The van der Waals surface area contributed by atoms with E-state index in [9.17, 15) is 0 Å². The van der Waals surface area contributed by atoms with Crippen molar-refractivity contribution in [3.8, 4) is 0 Å². The molecule has 1 heterocycles. The van der Waals surface area contributed by atoms with Crippen molar-refractivity contribution in [1.82, 2.24) is 10.3 Å². The lowest BCUT2D eigenvalue weighted by Crippen LogP contribution is -2.26. The van der Waals surface area contributed by atoms with Crippen molar-refractivity contribution < 1.29 is 5.11 Å². The molecule has 0 saturated carbocycles. The SMILES string of the molecule is C[C@H](O)CNCCc1ccncc1. The van der Waals surface area contributed by atoms with Gasteiger partial charge in [0.05, 0.1) is 6.10 Å². The van der Waals surface area contributed by atoms with Crippen LogP contribution in [0, 0.1) is 0 Å². The Morgan fingerprint density at radius 1 is 1.46 bits per heavy atom. The molecule has 0 aromatic carbocycles. The second kappa shape index (κ2) is 5.67. The Kier molecular flexibility index (Phi) is 4.43. The third-order valence-electron chi connectivity index (χ3n) is 1.78. The number of aromatic nitrogens is 1. The standard InChI is InChI=1S/C10H16N2O/c1-9(13)8-12-7-4-10-2-5-11-6-3-10/h2-3,5-6,9,12-13H,4,7-8H2,1H3/t9-/m0/s1. The second-order valence-electron chi connectivity index (χ2n) is 3.16. The van der Waals surface area contributed by atoms with Gasteiger partial charge in [-0.15, -0.1) is 0 Å². The van der Waals surface area contributed by atoms with Gasteiger partial charge in [0.25, 0.3) is 0 Å². The minimum absolute atomic E-state index is 0.266. The molecule has 0 saturated heterocycles. The molecule has 1 aromatic rings. The van der Waals surface area contributed by atoms with Crippen LogP contribution in [0.3, 0.4) is 0 Å². The van der Waals surface area contributed by atoms with Gasteiger partial charge in [0.2, 0.25) is 0 Å². The van der Waals surface area contributed by atoms with Crippen molar-refractivity contribution in [3.63, 3.8) is 0 Å². The summed E-state index contributed by atoms with van der Waals surface area (Å²) in [4.78, 5) is 3.94. The normalized spacial score (nSPS) is 12.8. The first-order chi connectivity index (χ1) is 6.29. The number of aliphatic hydroxyl groups excluding tert-OH is 1. The lowest BCUT2D eigenvalue weighted by Gasteiger charge is -2.06. The van der Waals surface area contributed by atoms with Crippen molar-refractivity contribution in [2.45, 2.75) is 19.4 Å². The number of hydrogen-bond acceptors (Lipinski definition) is 3. The van der Waals surface area contributed by atoms with Crippen LogP contribution in [-0.4, -0.2) is 29.3 Å². The molecule has 13 heavy (non-hydrogen) atoms. The largest absolute Gasteiger partial charge is 0.392 e. The number of aliphatic hydroxyl groups is 1. The predicted molar refractivity (Wildman–Crippen MR) is 52.5 cm³/mol. The molecule has 3 heteroatoms. The summed E-state index contributed by atoms with van der Waals surface area (Å²) in [6.45, 7) is 3.33. The van der Waals surface area contributed by atoms with E-state index in [1.165, 1.54) is 5.56 Å². The number of nitrogens with one attached hydrogen (secondary N) is 1. The lowest BCUT2D eigenvalue weighted by atomic mass is 10.2. The van der Waals surface area contributed by atoms with E-state index in [0.717, 1.165) is 13.0 Å². The Labute approximate surface area is 78.8 Å². The first-order valence-electron chi connectivity index (χ1n) is 4.56. The van der Waals surface area contributed by atoms with Gasteiger partial charge in [-0.1, -0.05) is 0 Å². The average molecular weight is 180 g/mol. The fourth-order valence-corrected chi connectivity index (χ4v) is 1.09. The molecule has 0 unspecified atom stereocenters. The highest BCUT2D eigenvalue weighted by Crippen LogP contribution is 1.95. The first-order valence-corrected chi connectivity index (χ1v) is 4.56. The number of rotatable bonds is 5. The zero-order valence-corrected chi connectivity index (χ0v) is 7.90. The van der Waals surface area contributed by atoms with E-state index in [1.54, 1.807) is 19.3 Å². The topological polar surface area (TPSA) is 45.1 Å². The molecule has 0 aliphatic heterocycles. The van der Waals surface area contributed by atoms with Crippen molar-refractivity contribution >= 4 is 0 Å². The van der Waals surface area contributed by atoms with Gasteiger partial charge < -0.3 is 10.4 Å². The summed E-state index contributed by atoms with van der Waals surface area (Å²) in [5, 5.41) is 12.1. The van der Waals surface area contributed by atoms with E-state index in [2.05, 4.69) is 10.3 Å². The summed E-state index contributed by atoms with van der Waals surface area (Å²) in [6.07, 6.45) is 4.31. The van der Waals surface area contributed by atoms with Crippen LogP contribution in [0.25, 0.3) is 0 Å². The van der Waals surface area contributed by atoms with Crippen molar-refractivity contribution in [2.75, 3.05) is 13.1 Å². The Balaban J connectivity index is 2.13. The van der Waals surface area contributed by atoms with E-state index >= 15 is 0 Å². The monoisotopic (exact) mass is 180 g/mol. The Bertz CT molecular complexity index is 224. The van der Waals surface area contributed by atoms with Gasteiger partial charge in [-0.3, -0.25) is 4.98 Å². The molecular weight excluding hydrogens is 164 g/mol. The smallest absolute Gasteiger partial charge is 0.0636 e. The minimum Gasteiger partial charge on any atom is -0.392 e. The molecular formula is C10H16N2O. The zero-order valence-electron chi connectivity index (χ0n) is 7.90. The van der Waals surface area contributed by atoms with Gasteiger partial charge in [0.15, 0.2) is 0 Å². The van der Waals surface area contributed by atoms with Crippen LogP contribution in [0.5, 0.6) is 0 Å². The van der Waals surface area contributed by atoms with Gasteiger partial charge in [0.1, 0.15) is 0 Å². The highest BCUT2D eigenvalue weighted by Gasteiger charge is 1.94. The summed E-state index contributed by atoms with van der Waals surface area (Å²) >= 11 is 0. The van der Waals surface area contributed by atoms with E-state index in [-0.39, 0.29) is 6.10 Å². The molecule has 1 rings (SSSR count). The fourth-order valence-electron chi connectivity index (χ4n) is 1.09. The van der Waals surface area contributed by atoms with Crippen molar-refractivity contribution in [2.24, 2.45) is 0 Å². The molecule has 1 atom stereocenters. The van der Waals surface area contributed by atoms with Crippen LogP contribution in [-0.2, 0) is 6.42 Å². The van der Waals surface area contributed by atoms with Crippen LogP contribution in [0.1, 0.15) is 12.5 Å². The molecule has 0 aliphatic rings. The molecule has 0 radical (unpaired) electrons. The van der Waals surface area contributed by atoms with Gasteiger partial charge >= 0.3 is 0 Å². The maximum absolute atomic E-state index is 8.98. The number of pyridine rings is 1. The third-order valence-corrected chi connectivity index (χ3v) is 1.78. The number of nitrogens with zero attached hydrogens (tertiary/aromatic N) is 1. The van der Waals surface area contributed by atoms with E-state index < -0.39 is 0 Å². The summed E-state index contributed by atoms with van der Waals surface area (Å²) in [7, 11) is 0. The summed E-state index contributed by atoms with van der Waals surface area (Å²) < 4.78 is 0. The Hall–Kier alpha value is -0.930. The van der Waals surface area contributed by atoms with Gasteiger partial charge in [-0.05, 0) is 37.6 Å². The van der Waals surface area contributed by atoms with Crippen LogP contribution < -0.4 is 5.32 Å². The summed E-state index contributed by atoms with van der Waals surface area (Å²) in [6, 6.07) is 4.01. The highest BCUT2D eigenvalue weighted by molar-refractivity contribution is 5.09. The zero-order chi connectivity index (χ0) is 9.52. The predicted octanol–water partition coefficient (Wildman–Crippen LogP) is 0.594. The van der Waals surface area contributed by atoms with E-state index in [4.69, 9.17) is 5.11 Å². The first kappa shape index (κ1) is 10.2. The van der Waals surface area contributed by atoms with Gasteiger partial charge in [0, 0.05) is 18.9 Å². The summed E-state index contributed by atoms with van der Waals surface area (Å²) in [5.41, 5.74) is 1.27. The molecule has 2 N–H and O–H groups in total. The average Bonchev–Trinajstić information content (AvgIpc) is 2.14. The Morgan fingerprint density at radius 3 is 2.77 bits per heavy atom. The van der Waals surface area contributed by atoms with Gasteiger partial charge in [-0.25, -0.2) is 0 Å². The van der Waals surface area contributed by atoms with E-state index in [0.29, 0.717) is 6.54 Å². The van der Waals surface area contributed by atoms with Crippen LogP contribution in [0.15, 0.2) is 24.5 Å². The second-order valence-corrected chi connectivity index (χ2v) is 3.16. The fraction of sp³-hybridized carbons (Fsp3) is 0.500. The molecule has 0 amide bonds. The summed E-state index contributed by atoms with van der Waals surface area (Å²) in [5.74, 6) is 0. The Morgan fingerprint density at radius 2 is 2.15 bits per heavy atom. The molecule has 1 aromatic heterocycles. The van der Waals surface area contributed by atoms with Crippen LogP contribution in [0.4, 0.5) is 0 Å². The molecule has 0 bridgehead atoms. The molecule has 0 fully saturated rings. The van der Waals surface area contributed by atoms with E-state index in [1.807, 2.05) is 12.1 Å². The molecule has 3 nitrogen and oxygen atoms in total. The molecule has 72 valence electrons.